The summed E-state index contributed by atoms with van der Waals surface area (Å²) in [6.45, 7) is 0. The van der Waals surface area contributed by atoms with Gasteiger partial charge in [-0.25, -0.2) is 18.4 Å². The van der Waals surface area contributed by atoms with Crippen molar-refractivity contribution in [2.75, 3.05) is 0 Å². The zero-order valence-corrected chi connectivity index (χ0v) is 17.3. The first-order valence-electron chi connectivity index (χ1n) is 9.33. The molecule has 2 aromatic heterocycles. The molecule has 164 valence electrons. The molecule has 0 aliphatic heterocycles. The summed E-state index contributed by atoms with van der Waals surface area (Å²) < 4.78 is 33.1. The number of hydrogen-bond acceptors (Lipinski definition) is 6. The molecule has 4 rings (SSSR count). The van der Waals surface area contributed by atoms with E-state index < -0.39 is 29.1 Å². The Kier molecular flexibility index (Phi) is 5.80. The van der Waals surface area contributed by atoms with E-state index in [1.165, 1.54) is 16.8 Å². The minimum atomic E-state index is -3.18. The van der Waals surface area contributed by atoms with Gasteiger partial charge in [-0.1, -0.05) is 36.0 Å². The zero-order chi connectivity index (χ0) is 22.3. The Hall–Kier alpha value is -2.79. The lowest BCUT2D eigenvalue weighted by Gasteiger charge is -2.10. The van der Waals surface area contributed by atoms with Gasteiger partial charge in [0.2, 0.25) is 5.89 Å². The quantitative estimate of drug-likeness (QED) is 0.608. The molecule has 0 unspecified atom stereocenters. The average molecular weight is 474 g/mol. The molecule has 1 N–H and O–H groups in total. The third kappa shape index (κ3) is 4.19. The topological polar surface area (TPSA) is 116 Å². The molecule has 1 aliphatic rings. The van der Waals surface area contributed by atoms with Gasteiger partial charge in [-0.05, 0) is 30.5 Å². The van der Waals surface area contributed by atoms with Gasteiger partial charge >= 0.3 is 11.4 Å². The second-order valence-corrected chi connectivity index (χ2v) is 7.88. The SMILES string of the molecule is O=c1[nH]c(=O)n(-c2cc(Cl)c(Cc3nn(C4CCCC4)c(=O)o3)c(Cl)c2)nc1C(F)F. The minimum absolute atomic E-state index is 0.000497. The number of nitrogens with one attached hydrogen (secondary N) is 1. The summed E-state index contributed by atoms with van der Waals surface area (Å²) >= 11 is 12.6. The van der Waals surface area contributed by atoms with Crippen molar-refractivity contribution in [2.24, 2.45) is 0 Å². The van der Waals surface area contributed by atoms with Gasteiger partial charge in [-0.15, -0.1) is 5.10 Å². The smallest absolute Gasteiger partial charge is 0.392 e. The number of alkyl halides is 2. The average Bonchev–Trinajstić information content (AvgIpc) is 3.33. The molecule has 0 atom stereocenters. The van der Waals surface area contributed by atoms with E-state index >= 15 is 0 Å². The van der Waals surface area contributed by atoms with E-state index in [0.717, 1.165) is 25.7 Å². The Morgan fingerprint density at radius 1 is 1.13 bits per heavy atom. The zero-order valence-electron chi connectivity index (χ0n) is 15.8. The van der Waals surface area contributed by atoms with Crippen LogP contribution in [0.5, 0.6) is 0 Å². The fraction of sp³-hybridized carbons (Fsp3) is 0.389. The van der Waals surface area contributed by atoms with E-state index in [9.17, 15) is 23.2 Å². The highest BCUT2D eigenvalue weighted by Gasteiger charge is 2.23. The van der Waals surface area contributed by atoms with Crippen LogP contribution in [0.4, 0.5) is 8.78 Å². The fourth-order valence-corrected chi connectivity index (χ4v) is 4.15. The van der Waals surface area contributed by atoms with Crippen molar-refractivity contribution in [2.45, 2.75) is 44.6 Å². The number of aromatic nitrogens is 5. The Morgan fingerprint density at radius 3 is 2.39 bits per heavy atom. The van der Waals surface area contributed by atoms with Crippen LogP contribution >= 0.6 is 23.2 Å². The van der Waals surface area contributed by atoms with Crippen molar-refractivity contribution in [3.63, 3.8) is 0 Å². The maximum atomic E-state index is 13.0. The number of halogens is 4. The lowest BCUT2D eigenvalue weighted by Crippen LogP contribution is -2.34. The molecule has 0 radical (unpaired) electrons. The molecule has 0 saturated heterocycles. The molecule has 0 bridgehead atoms. The van der Waals surface area contributed by atoms with Crippen LogP contribution < -0.4 is 17.0 Å². The maximum Gasteiger partial charge on any atom is 0.437 e. The summed E-state index contributed by atoms with van der Waals surface area (Å²) in [5, 5.41) is 7.79. The van der Waals surface area contributed by atoms with Crippen molar-refractivity contribution >= 4 is 23.2 Å². The molecule has 9 nitrogen and oxygen atoms in total. The van der Waals surface area contributed by atoms with Gasteiger partial charge in [0.05, 0.1) is 18.2 Å². The number of rotatable bonds is 5. The Balaban J connectivity index is 1.68. The molecular formula is C18H15Cl2F2N5O4. The first-order valence-corrected chi connectivity index (χ1v) is 10.1. The summed E-state index contributed by atoms with van der Waals surface area (Å²) in [4.78, 5) is 37.4. The van der Waals surface area contributed by atoms with Gasteiger partial charge in [0, 0.05) is 10.0 Å². The van der Waals surface area contributed by atoms with Gasteiger partial charge in [0.1, 0.15) is 0 Å². The predicted molar refractivity (Wildman–Crippen MR) is 107 cm³/mol. The first-order chi connectivity index (χ1) is 14.7. The van der Waals surface area contributed by atoms with Gasteiger partial charge < -0.3 is 4.42 Å². The van der Waals surface area contributed by atoms with Crippen LogP contribution in [-0.2, 0) is 6.42 Å². The van der Waals surface area contributed by atoms with E-state index in [0.29, 0.717) is 10.2 Å². The second kappa shape index (κ2) is 8.39. The van der Waals surface area contributed by atoms with E-state index in [1.54, 1.807) is 4.98 Å². The van der Waals surface area contributed by atoms with Crippen molar-refractivity contribution < 1.29 is 13.2 Å². The highest BCUT2D eigenvalue weighted by molar-refractivity contribution is 6.36. The van der Waals surface area contributed by atoms with Crippen LogP contribution in [0.25, 0.3) is 5.69 Å². The largest absolute Gasteiger partial charge is 0.437 e. The predicted octanol–water partition coefficient (Wildman–Crippen LogP) is 3.02. The Bertz CT molecular complexity index is 1280. The number of nitrogens with zero attached hydrogens (tertiary/aromatic N) is 4. The molecule has 3 aromatic rings. The molecule has 0 spiro atoms. The lowest BCUT2D eigenvalue weighted by molar-refractivity contribution is 0.141. The van der Waals surface area contributed by atoms with Crippen LogP contribution in [0.15, 0.2) is 30.9 Å². The minimum Gasteiger partial charge on any atom is -0.392 e. The van der Waals surface area contributed by atoms with Crippen LogP contribution in [-0.4, -0.2) is 24.5 Å². The molecule has 1 aliphatic carbocycles. The van der Waals surface area contributed by atoms with Gasteiger partial charge in [0.15, 0.2) is 5.69 Å². The van der Waals surface area contributed by atoms with E-state index in [1.807, 2.05) is 0 Å². The fourth-order valence-electron chi connectivity index (χ4n) is 3.54. The highest BCUT2D eigenvalue weighted by atomic mass is 35.5. The number of hydrogen-bond donors (Lipinski definition) is 1. The molecular weight excluding hydrogens is 459 g/mol. The third-order valence-electron chi connectivity index (χ3n) is 5.04. The van der Waals surface area contributed by atoms with E-state index in [-0.39, 0.29) is 34.1 Å². The number of aromatic amines is 1. The molecule has 13 heteroatoms. The number of H-pyrrole nitrogens is 1. The van der Waals surface area contributed by atoms with Crippen LogP contribution in [0.2, 0.25) is 10.0 Å². The molecule has 0 amide bonds. The van der Waals surface area contributed by atoms with Crippen LogP contribution in [0, 0.1) is 0 Å². The molecule has 2 heterocycles. The summed E-state index contributed by atoms with van der Waals surface area (Å²) in [6.07, 6.45) is 0.558. The standard InChI is InChI=1S/C18H15Cl2F2N5O4/c19-11-5-9(26-17(29)23-16(28)14(25-26)15(21)22)6-12(20)10(11)7-13-24-27(18(30)31-13)8-3-1-2-4-8/h5-6,8,15H,1-4,7H2,(H,23,28,29). The van der Waals surface area contributed by atoms with Crippen molar-refractivity contribution in [1.29, 1.82) is 0 Å². The summed E-state index contributed by atoms with van der Waals surface area (Å²) in [5.41, 5.74) is -3.10. The molecule has 1 fully saturated rings. The van der Waals surface area contributed by atoms with Crippen LogP contribution in [0.3, 0.4) is 0 Å². The van der Waals surface area contributed by atoms with E-state index in [2.05, 4.69) is 10.2 Å². The monoisotopic (exact) mass is 473 g/mol. The summed E-state index contributed by atoms with van der Waals surface area (Å²) in [5.74, 6) is -0.443. The normalized spacial score (nSPS) is 14.6. The Morgan fingerprint density at radius 2 is 1.77 bits per heavy atom. The summed E-state index contributed by atoms with van der Waals surface area (Å²) in [7, 11) is 0. The van der Waals surface area contributed by atoms with Crippen molar-refractivity contribution in [3.8, 4) is 5.69 Å². The van der Waals surface area contributed by atoms with Crippen molar-refractivity contribution in [1.82, 2.24) is 24.5 Å². The first kappa shape index (κ1) is 21.4. The maximum absolute atomic E-state index is 13.0. The van der Waals surface area contributed by atoms with E-state index in [4.69, 9.17) is 27.6 Å². The van der Waals surface area contributed by atoms with Gasteiger partial charge in [-0.2, -0.15) is 14.5 Å². The van der Waals surface area contributed by atoms with Crippen molar-refractivity contribution in [3.05, 3.63) is 70.7 Å². The highest BCUT2D eigenvalue weighted by Crippen LogP contribution is 2.31. The van der Waals surface area contributed by atoms with Gasteiger partial charge in [-0.3, -0.25) is 9.78 Å². The molecule has 1 saturated carbocycles. The molecule has 1 aromatic carbocycles. The second-order valence-electron chi connectivity index (χ2n) is 7.07. The summed E-state index contributed by atoms with van der Waals surface area (Å²) in [6, 6.07) is 2.55. The van der Waals surface area contributed by atoms with Gasteiger partial charge in [0.25, 0.3) is 12.0 Å². The number of benzene rings is 1. The Labute approximate surface area is 182 Å². The van der Waals surface area contributed by atoms with Crippen LogP contribution in [0.1, 0.15) is 55.3 Å². The third-order valence-corrected chi connectivity index (χ3v) is 5.71. The lowest BCUT2D eigenvalue weighted by atomic mass is 10.1. The molecule has 31 heavy (non-hydrogen) atoms.